The Labute approximate surface area is 146 Å². The van der Waals surface area contributed by atoms with E-state index in [0.29, 0.717) is 29.1 Å². The molecule has 7 heteroatoms. The molecular weight excluding hydrogens is 354 g/mol. The van der Waals surface area contributed by atoms with E-state index in [4.69, 9.17) is 11.6 Å². The van der Waals surface area contributed by atoms with Crippen LogP contribution in [0.3, 0.4) is 0 Å². The van der Waals surface area contributed by atoms with Gasteiger partial charge in [-0.05, 0) is 37.1 Å². The first-order chi connectivity index (χ1) is 11.0. The molecule has 1 saturated carbocycles. The predicted octanol–water partition coefficient (Wildman–Crippen LogP) is 3.00. The fourth-order valence-electron chi connectivity index (χ4n) is 2.99. The van der Waals surface area contributed by atoms with Crippen LogP contribution >= 0.6 is 23.4 Å². The lowest BCUT2D eigenvalue weighted by Gasteiger charge is -2.38. The maximum absolute atomic E-state index is 12.5. The zero-order valence-electron chi connectivity index (χ0n) is 12.8. The topological polar surface area (TPSA) is 54.5 Å². The van der Waals surface area contributed by atoms with Crippen LogP contribution in [-0.4, -0.2) is 48.6 Å². The van der Waals surface area contributed by atoms with Crippen LogP contribution in [0.4, 0.5) is 0 Å². The van der Waals surface area contributed by atoms with Crippen LogP contribution in [0.5, 0.6) is 0 Å². The third-order valence-electron chi connectivity index (χ3n) is 4.53. The van der Waals surface area contributed by atoms with Crippen LogP contribution in [0, 0.1) is 0 Å². The summed E-state index contributed by atoms with van der Waals surface area (Å²) in [5.74, 6) is 0.530. The van der Waals surface area contributed by atoms with Crippen molar-refractivity contribution < 1.29 is 13.2 Å². The van der Waals surface area contributed by atoms with Crippen molar-refractivity contribution in [3.8, 4) is 0 Å². The van der Waals surface area contributed by atoms with Gasteiger partial charge >= 0.3 is 0 Å². The van der Waals surface area contributed by atoms with Crippen LogP contribution < -0.4 is 0 Å². The van der Waals surface area contributed by atoms with Gasteiger partial charge in [-0.25, -0.2) is 8.42 Å². The predicted molar refractivity (Wildman–Crippen MR) is 93.7 cm³/mol. The van der Waals surface area contributed by atoms with Crippen molar-refractivity contribution in [1.29, 1.82) is 0 Å². The molecule has 0 unspecified atom stereocenters. The van der Waals surface area contributed by atoms with Gasteiger partial charge in [-0.2, -0.15) is 0 Å². The summed E-state index contributed by atoms with van der Waals surface area (Å²) in [6.07, 6.45) is 4.92. The van der Waals surface area contributed by atoms with Gasteiger partial charge in [0.2, 0.25) is 5.91 Å². The highest BCUT2D eigenvalue weighted by Crippen LogP contribution is 2.30. The summed E-state index contributed by atoms with van der Waals surface area (Å²) in [6.45, 7) is 0.601. The van der Waals surface area contributed by atoms with Crippen molar-refractivity contribution in [2.75, 3.05) is 18.8 Å². The summed E-state index contributed by atoms with van der Waals surface area (Å²) < 4.78 is 24.9. The number of nitrogens with zero attached hydrogens (tertiary/aromatic N) is 1. The number of halogens is 1. The van der Waals surface area contributed by atoms with Gasteiger partial charge in [-0.15, -0.1) is 11.8 Å². The van der Waals surface area contributed by atoms with E-state index in [1.54, 1.807) is 28.8 Å². The molecule has 1 aromatic rings. The lowest BCUT2D eigenvalue weighted by atomic mass is 10.2. The molecule has 1 heterocycles. The fraction of sp³-hybridized carbons (Fsp3) is 0.562. The maximum atomic E-state index is 12.5. The van der Waals surface area contributed by atoms with E-state index in [9.17, 15) is 13.2 Å². The van der Waals surface area contributed by atoms with Gasteiger partial charge in [0.05, 0.1) is 10.6 Å². The van der Waals surface area contributed by atoms with E-state index in [0.717, 1.165) is 0 Å². The second-order valence-corrected chi connectivity index (χ2v) is 10.1. The Hall–Kier alpha value is -0.720. The number of likely N-dealkylation sites (tertiary alicyclic amines) is 1. The van der Waals surface area contributed by atoms with Crippen molar-refractivity contribution in [3.63, 3.8) is 0 Å². The number of rotatable bonds is 5. The summed E-state index contributed by atoms with van der Waals surface area (Å²) in [6, 6.07) is 6.21. The van der Waals surface area contributed by atoms with Gasteiger partial charge in [0.15, 0.2) is 9.84 Å². The number of amides is 1. The Balaban J connectivity index is 1.51. The van der Waals surface area contributed by atoms with E-state index < -0.39 is 15.1 Å². The number of hydrogen-bond acceptors (Lipinski definition) is 4. The SMILES string of the molecule is O=C(CSC1CCCC1)N1CC(S(=O)(=O)c2ccc(Cl)cc2)C1. The van der Waals surface area contributed by atoms with Gasteiger partial charge in [0.1, 0.15) is 5.25 Å². The molecule has 1 amide bonds. The van der Waals surface area contributed by atoms with Crippen molar-refractivity contribution in [2.24, 2.45) is 0 Å². The maximum Gasteiger partial charge on any atom is 0.232 e. The molecule has 0 atom stereocenters. The van der Waals surface area contributed by atoms with Crippen LogP contribution in [0.1, 0.15) is 25.7 Å². The molecule has 4 nitrogen and oxygen atoms in total. The second kappa shape index (κ2) is 7.03. The smallest absolute Gasteiger partial charge is 0.232 e. The van der Waals surface area contributed by atoms with Crippen LogP contribution in [0.15, 0.2) is 29.2 Å². The first-order valence-electron chi connectivity index (χ1n) is 7.85. The van der Waals surface area contributed by atoms with Gasteiger partial charge in [-0.3, -0.25) is 4.79 Å². The highest BCUT2D eigenvalue weighted by atomic mass is 35.5. The van der Waals surface area contributed by atoms with E-state index in [1.165, 1.54) is 37.8 Å². The minimum Gasteiger partial charge on any atom is -0.339 e. The van der Waals surface area contributed by atoms with Gasteiger partial charge in [0.25, 0.3) is 0 Å². The molecule has 2 fully saturated rings. The molecule has 0 spiro atoms. The molecule has 3 rings (SSSR count). The highest BCUT2D eigenvalue weighted by molar-refractivity contribution is 8.00. The molecule has 0 N–H and O–H groups in total. The zero-order chi connectivity index (χ0) is 16.4. The molecule has 1 aliphatic heterocycles. The molecule has 2 aliphatic rings. The summed E-state index contributed by atoms with van der Waals surface area (Å²) >= 11 is 7.51. The molecule has 0 bridgehead atoms. The molecule has 126 valence electrons. The number of carbonyl (C=O) groups excluding carboxylic acids is 1. The lowest BCUT2D eigenvalue weighted by Crippen LogP contribution is -2.57. The molecule has 1 aliphatic carbocycles. The number of benzene rings is 1. The first-order valence-corrected chi connectivity index (χ1v) is 10.8. The standard InChI is InChI=1S/C16H20ClNO3S2/c17-12-5-7-14(8-6-12)23(20,21)15-9-18(10-15)16(19)11-22-13-3-1-2-4-13/h5-8,13,15H,1-4,9-11H2. The molecule has 1 saturated heterocycles. The largest absolute Gasteiger partial charge is 0.339 e. The Morgan fingerprint density at radius 2 is 1.78 bits per heavy atom. The molecule has 0 aromatic heterocycles. The van der Waals surface area contributed by atoms with E-state index in [2.05, 4.69) is 0 Å². The Kier molecular flexibility index (Phi) is 5.23. The van der Waals surface area contributed by atoms with Crippen molar-refractivity contribution in [2.45, 2.75) is 41.1 Å². The van der Waals surface area contributed by atoms with Crippen molar-refractivity contribution in [1.82, 2.24) is 4.90 Å². The van der Waals surface area contributed by atoms with E-state index in [-0.39, 0.29) is 10.8 Å². The summed E-state index contributed by atoms with van der Waals surface area (Å²) in [5, 5.41) is 0.622. The molecular formula is C16H20ClNO3S2. The highest BCUT2D eigenvalue weighted by Gasteiger charge is 2.40. The van der Waals surface area contributed by atoms with Crippen LogP contribution in [-0.2, 0) is 14.6 Å². The van der Waals surface area contributed by atoms with Crippen LogP contribution in [0.2, 0.25) is 5.02 Å². The third-order valence-corrected chi connectivity index (χ3v) is 8.24. The fourth-order valence-corrected chi connectivity index (χ4v) is 6.00. The quantitative estimate of drug-likeness (QED) is 0.796. The first kappa shape index (κ1) is 17.1. The molecule has 0 radical (unpaired) electrons. The zero-order valence-corrected chi connectivity index (χ0v) is 15.2. The number of thioether (sulfide) groups is 1. The van der Waals surface area contributed by atoms with Crippen molar-refractivity contribution >= 4 is 39.1 Å². The summed E-state index contributed by atoms with van der Waals surface area (Å²) in [7, 11) is -3.38. The Morgan fingerprint density at radius 1 is 1.17 bits per heavy atom. The normalized spacial score (nSPS) is 19.8. The summed E-state index contributed by atoms with van der Waals surface area (Å²) in [5.41, 5.74) is 0. The van der Waals surface area contributed by atoms with Gasteiger partial charge in [-0.1, -0.05) is 24.4 Å². The molecule has 1 aromatic carbocycles. The lowest BCUT2D eigenvalue weighted by molar-refractivity contribution is -0.131. The number of hydrogen-bond donors (Lipinski definition) is 0. The second-order valence-electron chi connectivity index (χ2n) is 6.14. The van der Waals surface area contributed by atoms with Gasteiger partial charge in [0, 0.05) is 23.4 Å². The van der Waals surface area contributed by atoms with E-state index in [1.807, 2.05) is 0 Å². The summed E-state index contributed by atoms with van der Waals surface area (Å²) in [4.78, 5) is 14.1. The van der Waals surface area contributed by atoms with E-state index >= 15 is 0 Å². The third kappa shape index (κ3) is 3.86. The van der Waals surface area contributed by atoms with Crippen LogP contribution in [0.25, 0.3) is 0 Å². The number of carbonyl (C=O) groups is 1. The monoisotopic (exact) mass is 373 g/mol. The average molecular weight is 374 g/mol. The Bertz CT molecular complexity index is 663. The van der Waals surface area contributed by atoms with Crippen molar-refractivity contribution in [3.05, 3.63) is 29.3 Å². The molecule has 23 heavy (non-hydrogen) atoms. The number of sulfone groups is 1. The average Bonchev–Trinajstić information content (AvgIpc) is 2.97. The van der Waals surface area contributed by atoms with Gasteiger partial charge < -0.3 is 4.90 Å². The Morgan fingerprint density at radius 3 is 2.39 bits per heavy atom. The minimum atomic E-state index is -3.38. The minimum absolute atomic E-state index is 0.0597.